The largest absolute Gasteiger partial charge is 0.497 e. The van der Waals surface area contributed by atoms with Gasteiger partial charge in [0.1, 0.15) is 5.75 Å². The van der Waals surface area contributed by atoms with Gasteiger partial charge in [0, 0.05) is 24.0 Å². The molecular formula is C19H18N4O3. The van der Waals surface area contributed by atoms with E-state index < -0.39 is 5.92 Å². The topological polar surface area (TPSA) is 87.3 Å². The molecule has 4 rings (SSSR count). The van der Waals surface area contributed by atoms with Crippen molar-refractivity contribution >= 4 is 34.2 Å². The van der Waals surface area contributed by atoms with Crippen molar-refractivity contribution in [2.45, 2.75) is 6.42 Å². The van der Waals surface area contributed by atoms with Gasteiger partial charge in [0.15, 0.2) is 5.82 Å². The van der Waals surface area contributed by atoms with E-state index in [1.54, 1.807) is 36.3 Å². The van der Waals surface area contributed by atoms with Crippen LogP contribution in [0.5, 0.6) is 5.75 Å². The number of amides is 2. The summed E-state index contributed by atoms with van der Waals surface area (Å²) < 4.78 is 5.10. The molecule has 1 aliphatic rings. The molecule has 0 saturated carbocycles. The van der Waals surface area contributed by atoms with E-state index in [1.807, 2.05) is 24.3 Å². The van der Waals surface area contributed by atoms with Crippen molar-refractivity contribution in [1.29, 1.82) is 0 Å². The van der Waals surface area contributed by atoms with Crippen molar-refractivity contribution in [2.75, 3.05) is 23.9 Å². The van der Waals surface area contributed by atoms with Gasteiger partial charge in [-0.25, -0.2) is 0 Å². The molecule has 2 N–H and O–H groups in total. The van der Waals surface area contributed by atoms with Crippen LogP contribution in [0.25, 0.3) is 10.9 Å². The molecule has 0 spiro atoms. The predicted octanol–water partition coefficient (Wildman–Crippen LogP) is 2.56. The minimum absolute atomic E-state index is 0.0999. The number of benzene rings is 2. The second kappa shape index (κ2) is 6.51. The van der Waals surface area contributed by atoms with Crippen molar-refractivity contribution in [3.05, 3.63) is 48.5 Å². The van der Waals surface area contributed by atoms with Gasteiger partial charge in [0.25, 0.3) is 0 Å². The number of H-pyrrole nitrogens is 1. The SMILES string of the molecule is COc1ccc(NC(=O)[C@H]2CC(=O)N(c3n[nH]c4ccccc34)C2)cc1. The smallest absolute Gasteiger partial charge is 0.229 e. The van der Waals surface area contributed by atoms with Gasteiger partial charge >= 0.3 is 0 Å². The molecule has 7 nitrogen and oxygen atoms in total. The highest BCUT2D eigenvalue weighted by atomic mass is 16.5. The second-order valence-electron chi connectivity index (χ2n) is 6.22. The van der Waals surface area contributed by atoms with Crippen LogP contribution in [0.15, 0.2) is 48.5 Å². The molecule has 0 aliphatic carbocycles. The van der Waals surface area contributed by atoms with E-state index in [0.29, 0.717) is 18.1 Å². The fraction of sp³-hybridized carbons (Fsp3) is 0.211. The number of nitrogens with one attached hydrogen (secondary N) is 2. The molecule has 0 bridgehead atoms. The molecule has 1 saturated heterocycles. The summed E-state index contributed by atoms with van der Waals surface area (Å²) in [5.41, 5.74) is 1.54. The first-order valence-corrected chi connectivity index (χ1v) is 8.34. The number of hydrogen-bond acceptors (Lipinski definition) is 4. The summed E-state index contributed by atoms with van der Waals surface area (Å²) in [4.78, 5) is 26.6. The molecule has 1 aliphatic heterocycles. The number of carbonyl (C=O) groups excluding carboxylic acids is 2. The summed E-state index contributed by atoms with van der Waals surface area (Å²) in [5.74, 6) is 0.601. The van der Waals surface area contributed by atoms with Crippen LogP contribution < -0.4 is 15.0 Å². The number of ether oxygens (including phenoxy) is 1. The van der Waals surface area contributed by atoms with Gasteiger partial charge in [-0.1, -0.05) is 12.1 Å². The van der Waals surface area contributed by atoms with Gasteiger partial charge in [-0.3, -0.25) is 19.6 Å². The average Bonchev–Trinajstić information content (AvgIpc) is 3.25. The summed E-state index contributed by atoms with van der Waals surface area (Å²) in [6.45, 7) is 0.315. The Morgan fingerprint density at radius 3 is 2.77 bits per heavy atom. The lowest BCUT2D eigenvalue weighted by atomic mass is 10.1. The van der Waals surface area contributed by atoms with Gasteiger partial charge in [-0.05, 0) is 36.4 Å². The lowest BCUT2D eigenvalue weighted by molar-refractivity contribution is -0.122. The number of aromatic nitrogens is 2. The number of aromatic amines is 1. The fourth-order valence-electron chi connectivity index (χ4n) is 3.16. The van der Waals surface area contributed by atoms with Crippen LogP contribution in [-0.2, 0) is 9.59 Å². The van der Waals surface area contributed by atoms with Crippen molar-refractivity contribution in [2.24, 2.45) is 5.92 Å². The minimum Gasteiger partial charge on any atom is -0.497 e. The average molecular weight is 350 g/mol. The van der Waals surface area contributed by atoms with Gasteiger partial charge in [-0.2, -0.15) is 5.10 Å². The first-order valence-electron chi connectivity index (χ1n) is 8.34. The lowest BCUT2D eigenvalue weighted by Crippen LogP contribution is -2.28. The van der Waals surface area contributed by atoms with Gasteiger partial charge < -0.3 is 10.1 Å². The number of hydrogen-bond donors (Lipinski definition) is 2. The molecule has 2 aromatic carbocycles. The molecule has 132 valence electrons. The lowest BCUT2D eigenvalue weighted by Gasteiger charge is -2.14. The van der Waals surface area contributed by atoms with Crippen molar-refractivity contribution in [3.63, 3.8) is 0 Å². The van der Waals surface area contributed by atoms with E-state index in [-0.39, 0.29) is 18.2 Å². The number of rotatable bonds is 4. The Morgan fingerprint density at radius 2 is 2.00 bits per heavy atom. The molecule has 7 heteroatoms. The van der Waals surface area contributed by atoms with E-state index in [1.165, 1.54) is 0 Å². The quantitative estimate of drug-likeness (QED) is 0.757. The third kappa shape index (κ3) is 2.88. The van der Waals surface area contributed by atoms with E-state index in [2.05, 4.69) is 15.5 Å². The summed E-state index contributed by atoms with van der Waals surface area (Å²) in [5, 5.41) is 10.9. The number of fused-ring (bicyclic) bond motifs is 1. The summed E-state index contributed by atoms with van der Waals surface area (Å²) >= 11 is 0. The number of methoxy groups -OCH3 is 1. The van der Waals surface area contributed by atoms with E-state index in [4.69, 9.17) is 4.74 Å². The number of anilines is 2. The van der Waals surface area contributed by atoms with Crippen LogP contribution in [0.4, 0.5) is 11.5 Å². The molecule has 3 aromatic rings. The van der Waals surface area contributed by atoms with E-state index in [9.17, 15) is 9.59 Å². The van der Waals surface area contributed by atoms with Crippen LogP contribution >= 0.6 is 0 Å². The van der Waals surface area contributed by atoms with Crippen LogP contribution in [0.2, 0.25) is 0 Å². The van der Waals surface area contributed by atoms with Crippen LogP contribution in [-0.4, -0.2) is 35.7 Å². The standard InChI is InChI=1S/C19H18N4O3/c1-26-14-8-6-13(7-9-14)20-19(25)12-10-17(24)23(11-12)18-15-4-2-3-5-16(15)21-22-18/h2-9,12H,10-11H2,1H3,(H,20,25)(H,21,22)/t12-/m0/s1. The molecule has 2 amide bonds. The molecule has 1 fully saturated rings. The summed E-state index contributed by atoms with van der Waals surface area (Å²) in [6, 6.07) is 14.7. The monoisotopic (exact) mass is 350 g/mol. The highest BCUT2D eigenvalue weighted by Crippen LogP contribution is 2.30. The van der Waals surface area contributed by atoms with Gasteiger partial charge in [0.2, 0.25) is 11.8 Å². The maximum Gasteiger partial charge on any atom is 0.229 e. The van der Waals surface area contributed by atoms with Crippen molar-refractivity contribution in [1.82, 2.24) is 10.2 Å². The van der Waals surface area contributed by atoms with Gasteiger partial charge in [-0.15, -0.1) is 0 Å². The minimum atomic E-state index is -0.417. The van der Waals surface area contributed by atoms with E-state index in [0.717, 1.165) is 16.7 Å². The third-order valence-corrected chi connectivity index (χ3v) is 4.56. The Hall–Kier alpha value is -3.35. The van der Waals surface area contributed by atoms with E-state index >= 15 is 0 Å². The summed E-state index contributed by atoms with van der Waals surface area (Å²) in [7, 11) is 1.59. The molecule has 1 atom stereocenters. The van der Waals surface area contributed by atoms with Crippen LogP contribution in [0.3, 0.4) is 0 Å². The normalized spacial score (nSPS) is 16.9. The second-order valence-corrected chi connectivity index (χ2v) is 6.22. The highest BCUT2D eigenvalue weighted by molar-refractivity contribution is 6.06. The first kappa shape index (κ1) is 16.1. The first-order chi connectivity index (χ1) is 12.7. The number of nitrogens with zero attached hydrogens (tertiary/aromatic N) is 2. The Morgan fingerprint density at radius 1 is 1.23 bits per heavy atom. The molecule has 0 radical (unpaired) electrons. The molecule has 2 heterocycles. The van der Waals surface area contributed by atoms with Crippen molar-refractivity contribution < 1.29 is 14.3 Å². The zero-order chi connectivity index (χ0) is 18.1. The van der Waals surface area contributed by atoms with Crippen LogP contribution in [0, 0.1) is 5.92 Å². The molecule has 26 heavy (non-hydrogen) atoms. The van der Waals surface area contributed by atoms with Crippen molar-refractivity contribution in [3.8, 4) is 5.75 Å². The number of para-hydroxylation sites is 1. The number of carbonyl (C=O) groups is 2. The Kier molecular flexibility index (Phi) is 4.04. The Bertz CT molecular complexity index is 964. The third-order valence-electron chi connectivity index (χ3n) is 4.56. The maximum absolute atomic E-state index is 12.5. The molecule has 1 aromatic heterocycles. The maximum atomic E-state index is 12.5. The molecular weight excluding hydrogens is 332 g/mol. The van der Waals surface area contributed by atoms with Gasteiger partial charge in [0.05, 0.1) is 18.5 Å². The van der Waals surface area contributed by atoms with Crippen LogP contribution in [0.1, 0.15) is 6.42 Å². The summed E-state index contributed by atoms with van der Waals surface area (Å²) in [6.07, 6.45) is 0.170. The Balaban J connectivity index is 1.49. The zero-order valence-corrected chi connectivity index (χ0v) is 14.2. The predicted molar refractivity (Wildman–Crippen MR) is 98.2 cm³/mol. The Labute approximate surface area is 149 Å². The fourth-order valence-corrected chi connectivity index (χ4v) is 3.16. The zero-order valence-electron chi connectivity index (χ0n) is 14.2. The molecule has 0 unspecified atom stereocenters. The highest BCUT2D eigenvalue weighted by Gasteiger charge is 2.36.